The lowest BCUT2D eigenvalue weighted by Crippen LogP contribution is -2.38. The molecular formula is C14H14N4O3. The minimum absolute atomic E-state index is 0.0655. The Morgan fingerprint density at radius 3 is 3.05 bits per heavy atom. The number of para-hydroxylation sites is 1. The zero-order valence-corrected chi connectivity index (χ0v) is 11.6. The Kier molecular flexibility index (Phi) is 2.60. The molecule has 108 valence electrons. The number of nitrogens with zero attached hydrogens (tertiary/aromatic N) is 4. The Morgan fingerprint density at radius 2 is 2.14 bits per heavy atom. The van der Waals surface area contributed by atoms with Crippen molar-refractivity contribution in [1.29, 1.82) is 0 Å². The Hall–Kier alpha value is -2.57. The molecule has 1 aromatic heterocycles. The van der Waals surface area contributed by atoms with E-state index in [0.717, 1.165) is 11.6 Å². The fourth-order valence-corrected chi connectivity index (χ4v) is 2.75. The number of rotatable bonds is 1. The van der Waals surface area contributed by atoms with Gasteiger partial charge in [-0.2, -0.15) is 0 Å². The zero-order valence-electron chi connectivity index (χ0n) is 11.6. The van der Waals surface area contributed by atoms with Crippen LogP contribution in [0.4, 0.5) is 0 Å². The van der Waals surface area contributed by atoms with E-state index in [9.17, 15) is 4.79 Å². The number of fused-ring (bicyclic) bond motifs is 2. The van der Waals surface area contributed by atoms with Crippen LogP contribution in [0.1, 0.15) is 22.0 Å². The van der Waals surface area contributed by atoms with Crippen molar-refractivity contribution in [2.45, 2.75) is 20.0 Å². The quantitative estimate of drug-likeness (QED) is 0.781. The first-order chi connectivity index (χ1) is 10.2. The zero-order chi connectivity index (χ0) is 14.4. The number of carbonyl (C=O) groups excluding carboxylic acids is 1. The van der Waals surface area contributed by atoms with Gasteiger partial charge in [0, 0.05) is 13.1 Å². The van der Waals surface area contributed by atoms with Gasteiger partial charge in [0.15, 0.2) is 17.3 Å². The molecule has 2 aliphatic rings. The summed E-state index contributed by atoms with van der Waals surface area (Å²) >= 11 is 0. The summed E-state index contributed by atoms with van der Waals surface area (Å²) in [5.41, 5.74) is 0.537. The topological polar surface area (TPSA) is 69.5 Å². The predicted molar refractivity (Wildman–Crippen MR) is 72.1 cm³/mol. The van der Waals surface area contributed by atoms with Gasteiger partial charge in [0.05, 0.1) is 12.1 Å². The van der Waals surface area contributed by atoms with E-state index in [1.165, 1.54) is 0 Å². The van der Waals surface area contributed by atoms with Crippen LogP contribution < -0.4 is 9.47 Å². The molecule has 3 heterocycles. The molecule has 0 radical (unpaired) electrons. The number of benzene rings is 1. The smallest absolute Gasteiger partial charge is 0.258 e. The first-order valence-electron chi connectivity index (χ1n) is 6.80. The molecule has 0 atom stereocenters. The number of hydrogen-bond acceptors (Lipinski definition) is 5. The first-order valence-corrected chi connectivity index (χ1v) is 6.80. The number of hydrogen-bond donors (Lipinski definition) is 0. The van der Waals surface area contributed by atoms with Gasteiger partial charge in [-0.15, -0.1) is 10.2 Å². The van der Waals surface area contributed by atoms with Crippen LogP contribution in [0.15, 0.2) is 18.2 Å². The molecule has 7 heteroatoms. The Labute approximate surface area is 121 Å². The lowest BCUT2D eigenvalue weighted by molar-refractivity contribution is 0.0702. The number of amides is 1. The fraction of sp³-hybridized carbons (Fsp3) is 0.357. The van der Waals surface area contributed by atoms with Gasteiger partial charge in [-0.3, -0.25) is 4.79 Å². The number of aryl methyl sites for hydroxylation is 1. The van der Waals surface area contributed by atoms with Gasteiger partial charge in [-0.05, 0) is 19.1 Å². The van der Waals surface area contributed by atoms with Crippen molar-refractivity contribution in [3.63, 3.8) is 0 Å². The van der Waals surface area contributed by atoms with E-state index < -0.39 is 0 Å². The van der Waals surface area contributed by atoms with Crippen LogP contribution in [0.2, 0.25) is 0 Å². The third kappa shape index (κ3) is 1.84. The summed E-state index contributed by atoms with van der Waals surface area (Å²) < 4.78 is 12.8. The molecule has 2 aromatic rings. The monoisotopic (exact) mass is 286 g/mol. The molecule has 1 aromatic carbocycles. The van der Waals surface area contributed by atoms with Gasteiger partial charge in [0.2, 0.25) is 6.79 Å². The summed E-state index contributed by atoms with van der Waals surface area (Å²) in [6, 6.07) is 5.37. The molecule has 4 rings (SSSR count). The molecule has 0 spiro atoms. The van der Waals surface area contributed by atoms with Crippen LogP contribution in [0.25, 0.3) is 0 Å². The summed E-state index contributed by atoms with van der Waals surface area (Å²) in [6.45, 7) is 3.89. The molecule has 0 fully saturated rings. The van der Waals surface area contributed by atoms with Gasteiger partial charge < -0.3 is 18.9 Å². The fourth-order valence-electron chi connectivity index (χ4n) is 2.75. The predicted octanol–water partition coefficient (Wildman–Crippen LogP) is 0.971. The molecule has 7 nitrogen and oxygen atoms in total. The average molecular weight is 286 g/mol. The van der Waals surface area contributed by atoms with Crippen molar-refractivity contribution in [2.75, 3.05) is 13.3 Å². The van der Waals surface area contributed by atoms with Crippen molar-refractivity contribution in [3.05, 3.63) is 35.4 Å². The van der Waals surface area contributed by atoms with Crippen molar-refractivity contribution in [2.24, 2.45) is 0 Å². The van der Waals surface area contributed by atoms with E-state index in [-0.39, 0.29) is 12.7 Å². The lowest BCUT2D eigenvalue weighted by Gasteiger charge is -2.27. The number of ether oxygens (including phenoxy) is 2. The molecule has 0 N–H and O–H groups in total. The SMILES string of the molecule is Cc1nnc2n1CCN(C(=O)c1cccc3c1OCO3)C2. The van der Waals surface area contributed by atoms with Crippen molar-refractivity contribution in [3.8, 4) is 11.5 Å². The third-order valence-corrected chi connectivity index (χ3v) is 3.85. The van der Waals surface area contributed by atoms with E-state index in [0.29, 0.717) is 36.7 Å². The maximum absolute atomic E-state index is 12.7. The summed E-state index contributed by atoms with van der Waals surface area (Å²) in [7, 11) is 0. The maximum atomic E-state index is 12.7. The molecule has 0 unspecified atom stereocenters. The largest absolute Gasteiger partial charge is 0.454 e. The highest BCUT2D eigenvalue weighted by Gasteiger charge is 2.28. The second kappa shape index (κ2) is 4.47. The normalized spacial score (nSPS) is 16.0. The summed E-state index contributed by atoms with van der Waals surface area (Å²) in [5.74, 6) is 2.79. The molecule has 1 amide bonds. The van der Waals surface area contributed by atoms with Crippen molar-refractivity contribution < 1.29 is 14.3 Å². The van der Waals surface area contributed by atoms with E-state index >= 15 is 0 Å². The van der Waals surface area contributed by atoms with Gasteiger partial charge in [0.25, 0.3) is 5.91 Å². The molecule has 0 saturated carbocycles. The van der Waals surface area contributed by atoms with Crippen LogP contribution in [0.3, 0.4) is 0 Å². The Bertz CT molecular complexity index is 725. The second-order valence-corrected chi connectivity index (χ2v) is 5.08. The van der Waals surface area contributed by atoms with Gasteiger partial charge >= 0.3 is 0 Å². The van der Waals surface area contributed by atoms with E-state index in [4.69, 9.17) is 9.47 Å². The Balaban J connectivity index is 1.63. The van der Waals surface area contributed by atoms with E-state index in [1.807, 2.05) is 11.5 Å². The lowest BCUT2D eigenvalue weighted by atomic mass is 10.1. The highest BCUT2D eigenvalue weighted by atomic mass is 16.7. The van der Waals surface area contributed by atoms with Crippen LogP contribution in [-0.4, -0.2) is 38.9 Å². The third-order valence-electron chi connectivity index (χ3n) is 3.85. The maximum Gasteiger partial charge on any atom is 0.258 e. The van der Waals surface area contributed by atoms with Crippen LogP contribution in [0, 0.1) is 6.92 Å². The molecular weight excluding hydrogens is 272 g/mol. The van der Waals surface area contributed by atoms with E-state index in [1.54, 1.807) is 23.1 Å². The molecule has 2 aliphatic heterocycles. The molecule has 0 bridgehead atoms. The van der Waals surface area contributed by atoms with Crippen LogP contribution in [0.5, 0.6) is 11.5 Å². The first kappa shape index (κ1) is 12.2. The van der Waals surface area contributed by atoms with E-state index in [2.05, 4.69) is 10.2 Å². The number of carbonyl (C=O) groups is 1. The van der Waals surface area contributed by atoms with Crippen molar-refractivity contribution >= 4 is 5.91 Å². The second-order valence-electron chi connectivity index (χ2n) is 5.08. The average Bonchev–Trinajstić information content (AvgIpc) is 3.13. The number of aromatic nitrogens is 3. The van der Waals surface area contributed by atoms with Crippen molar-refractivity contribution in [1.82, 2.24) is 19.7 Å². The van der Waals surface area contributed by atoms with Gasteiger partial charge in [0.1, 0.15) is 5.82 Å². The highest BCUT2D eigenvalue weighted by molar-refractivity contribution is 5.98. The standard InChI is InChI=1S/C14H14N4O3/c1-9-15-16-12-7-17(5-6-18(9)12)14(19)10-3-2-4-11-13(10)21-8-20-11/h2-4H,5-8H2,1H3. The highest BCUT2D eigenvalue weighted by Crippen LogP contribution is 2.36. The van der Waals surface area contributed by atoms with Gasteiger partial charge in [-0.1, -0.05) is 6.07 Å². The molecule has 0 aliphatic carbocycles. The summed E-state index contributed by atoms with van der Waals surface area (Å²) in [4.78, 5) is 14.5. The molecule has 21 heavy (non-hydrogen) atoms. The Morgan fingerprint density at radius 1 is 1.24 bits per heavy atom. The van der Waals surface area contributed by atoms with Gasteiger partial charge in [-0.25, -0.2) is 0 Å². The minimum atomic E-state index is -0.0655. The summed E-state index contributed by atoms with van der Waals surface area (Å²) in [5, 5.41) is 8.17. The van der Waals surface area contributed by atoms with Crippen LogP contribution >= 0.6 is 0 Å². The summed E-state index contributed by atoms with van der Waals surface area (Å²) in [6.07, 6.45) is 0. The van der Waals surface area contributed by atoms with Crippen LogP contribution in [-0.2, 0) is 13.1 Å². The minimum Gasteiger partial charge on any atom is -0.454 e. The molecule has 0 saturated heterocycles.